The second kappa shape index (κ2) is 12.8. The number of rotatable bonds is 10. The zero-order valence-electron chi connectivity index (χ0n) is 21.7. The van der Waals surface area contributed by atoms with E-state index in [-0.39, 0.29) is 23.7 Å². The van der Waals surface area contributed by atoms with Crippen molar-refractivity contribution in [2.24, 2.45) is 0 Å². The van der Waals surface area contributed by atoms with Gasteiger partial charge in [-0.1, -0.05) is 32.0 Å². The molecule has 10 nitrogen and oxygen atoms in total. The smallest absolute Gasteiger partial charge is 0.319 e. The molecule has 0 fully saturated rings. The van der Waals surface area contributed by atoms with E-state index >= 15 is 0 Å². The highest BCUT2D eigenvalue weighted by atomic mass is 16.6. The number of nitrogens with one attached hydrogen (secondary N) is 3. The SMILES string of the molecule is CCN(CC)CCC(NC(=O)Nc1ccc2c(c1)OCCO2)c1ccc(C(=O)Nc2ccccc2N)nc1. The molecule has 0 aliphatic carbocycles. The maximum Gasteiger partial charge on any atom is 0.319 e. The van der Waals surface area contributed by atoms with Crippen LogP contribution in [-0.4, -0.2) is 54.7 Å². The molecule has 1 aliphatic heterocycles. The summed E-state index contributed by atoms with van der Waals surface area (Å²) in [6.07, 6.45) is 2.30. The molecule has 1 atom stereocenters. The Kier molecular flexibility index (Phi) is 8.99. The monoisotopic (exact) mass is 518 g/mol. The van der Waals surface area contributed by atoms with Crippen molar-refractivity contribution in [2.75, 3.05) is 49.2 Å². The lowest BCUT2D eigenvalue weighted by atomic mass is 10.0. The summed E-state index contributed by atoms with van der Waals surface area (Å²) in [4.78, 5) is 32.3. The predicted molar refractivity (Wildman–Crippen MR) is 148 cm³/mol. The summed E-state index contributed by atoms with van der Waals surface area (Å²) in [5.41, 5.74) is 8.57. The van der Waals surface area contributed by atoms with Crippen LogP contribution in [0.4, 0.5) is 21.9 Å². The van der Waals surface area contributed by atoms with Crippen LogP contribution in [0.2, 0.25) is 0 Å². The van der Waals surface area contributed by atoms with Gasteiger partial charge in [0.05, 0.1) is 17.4 Å². The molecule has 1 unspecified atom stereocenters. The van der Waals surface area contributed by atoms with Crippen molar-refractivity contribution in [3.8, 4) is 11.5 Å². The highest BCUT2D eigenvalue weighted by molar-refractivity contribution is 6.04. The number of amides is 3. The van der Waals surface area contributed by atoms with E-state index in [0.717, 1.165) is 25.2 Å². The maximum atomic E-state index is 13.0. The van der Waals surface area contributed by atoms with Crippen LogP contribution in [0.15, 0.2) is 60.8 Å². The van der Waals surface area contributed by atoms with Gasteiger partial charge < -0.3 is 36.1 Å². The molecule has 1 aromatic heterocycles. The molecule has 0 bridgehead atoms. The molecule has 0 spiro atoms. The first-order valence-corrected chi connectivity index (χ1v) is 12.8. The Morgan fingerprint density at radius 1 is 1.00 bits per heavy atom. The molecular formula is C28H34N6O4. The average Bonchev–Trinajstić information content (AvgIpc) is 2.94. The summed E-state index contributed by atoms with van der Waals surface area (Å²) in [5.74, 6) is 0.894. The number of carbonyl (C=O) groups excluding carboxylic acids is 2. The second-order valence-electron chi connectivity index (χ2n) is 8.84. The summed E-state index contributed by atoms with van der Waals surface area (Å²) in [7, 11) is 0. The molecule has 4 rings (SSSR count). The first-order valence-electron chi connectivity index (χ1n) is 12.8. The molecule has 0 saturated heterocycles. The number of aromatic nitrogens is 1. The number of anilines is 3. The number of carbonyl (C=O) groups is 2. The van der Waals surface area contributed by atoms with E-state index in [2.05, 4.69) is 39.7 Å². The standard InChI is InChI=1S/C28H34N6O4/c1-3-34(4-2)14-13-22(33-28(36)31-20-10-12-25-26(17-20)38-16-15-37-25)19-9-11-24(30-18-19)27(35)32-23-8-6-5-7-21(23)29/h5-12,17-18,22H,3-4,13-16,29H2,1-2H3,(H,32,35)(H2,31,33,36). The Morgan fingerprint density at radius 3 is 2.47 bits per heavy atom. The molecule has 3 aromatic rings. The molecule has 0 saturated carbocycles. The number of nitrogens with zero attached hydrogens (tertiary/aromatic N) is 2. The number of nitrogen functional groups attached to an aromatic ring is 1. The third-order valence-corrected chi connectivity index (χ3v) is 6.36. The third-order valence-electron chi connectivity index (χ3n) is 6.36. The molecule has 200 valence electrons. The molecule has 1 aliphatic rings. The number of pyridine rings is 1. The largest absolute Gasteiger partial charge is 0.486 e. The van der Waals surface area contributed by atoms with Crippen LogP contribution >= 0.6 is 0 Å². The van der Waals surface area contributed by atoms with Crippen LogP contribution < -0.4 is 31.2 Å². The lowest BCUT2D eigenvalue weighted by molar-refractivity contribution is 0.102. The van der Waals surface area contributed by atoms with Gasteiger partial charge in [0.15, 0.2) is 11.5 Å². The molecule has 2 heterocycles. The first-order chi connectivity index (χ1) is 18.5. The van der Waals surface area contributed by atoms with Gasteiger partial charge in [-0.15, -0.1) is 0 Å². The van der Waals surface area contributed by atoms with Gasteiger partial charge in [0.25, 0.3) is 5.91 Å². The normalized spacial score (nSPS) is 13.0. The molecule has 0 radical (unpaired) electrons. The number of urea groups is 1. The summed E-state index contributed by atoms with van der Waals surface area (Å²) >= 11 is 0. The van der Waals surface area contributed by atoms with Crippen molar-refractivity contribution in [1.29, 1.82) is 0 Å². The number of hydrogen-bond acceptors (Lipinski definition) is 7. The molecular weight excluding hydrogens is 484 g/mol. The average molecular weight is 519 g/mol. The summed E-state index contributed by atoms with van der Waals surface area (Å²) in [6.45, 7) is 7.79. The van der Waals surface area contributed by atoms with Crippen LogP contribution in [0.5, 0.6) is 11.5 Å². The minimum Gasteiger partial charge on any atom is -0.486 e. The topological polar surface area (TPSA) is 131 Å². The highest BCUT2D eigenvalue weighted by Gasteiger charge is 2.19. The van der Waals surface area contributed by atoms with Crippen molar-refractivity contribution in [2.45, 2.75) is 26.3 Å². The van der Waals surface area contributed by atoms with Crippen LogP contribution in [0.1, 0.15) is 42.4 Å². The van der Waals surface area contributed by atoms with Crippen LogP contribution in [0.3, 0.4) is 0 Å². The van der Waals surface area contributed by atoms with Crippen LogP contribution in [0, 0.1) is 0 Å². The van der Waals surface area contributed by atoms with Gasteiger partial charge >= 0.3 is 6.03 Å². The maximum absolute atomic E-state index is 13.0. The lowest BCUT2D eigenvalue weighted by Gasteiger charge is -2.24. The Hall–Kier alpha value is -4.31. The summed E-state index contributed by atoms with van der Waals surface area (Å²) in [5, 5.41) is 8.71. The van der Waals surface area contributed by atoms with Gasteiger partial charge in [-0.3, -0.25) is 9.78 Å². The minimum absolute atomic E-state index is 0.250. The Morgan fingerprint density at radius 2 is 1.76 bits per heavy atom. The van der Waals surface area contributed by atoms with E-state index in [0.29, 0.717) is 48.2 Å². The van der Waals surface area contributed by atoms with Crippen molar-refractivity contribution < 1.29 is 19.1 Å². The van der Waals surface area contributed by atoms with E-state index < -0.39 is 0 Å². The molecule has 10 heteroatoms. The van der Waals surface area contributed by atoms with Crippen molar-refractivity contribution in [3.63, 3.8) is 0 Å². The van der Waals surface area contributed by atoms with Crippen molar-refractivity contribution >= 4 is 29.0 Å². The summed E-state index contributed by atoms with van der Waals surface area (Å²) < 4.78 is 11.2. The third kappa shape index (κ3) is 6.92. The van der Waals surface area contributed by atoms with E-state index in [9.17, 15) is 9.59 Å². The van der Waals surface area contributed by atoms with Crippen molar-refractivity contribution in [1.82, 2.24) is 15.2 Å². The van der Waals surface area contributed by atoms with Gasteiger partial charge in [0, 0.05) is 24.5 Å². The number of fused-ring (bicyclic) bond motifs is 1. The van der Waals surface area contributed by atoms with Crippen LogP contribution in [-0.2, 0) is 0 Å². The number of para-hydroxylation sites is 2. The van der Waals surface area contributed by atoms with Gasteiger partial charge in [0.2, 0.25) is 0 Å². The quantitative estimate of drug-likeness (QED) is 0.295. The molecule has 3 amide bonds. The molecule has 2 aromatic carbocycles. The van der Waals surface area contributed by atoms with E-state index in [1.807, 2.05) is 6.07 Å². The van der Waals surface area contributed by atoms with Gasteiger partial charge in [-0.05, 0) is 55.4 Å². The fourth-order valence-corrected chi connectivity index (χ4v) is 4.16. The molecule has 38 heavy (non-hydrogen) atoms. The molecule has 5 N–H and O–H groups in total. The van der Waals surface area contributed by atoms with E-state index in [1.54, 1.807) is 54.7 Å². The van der Waals surface area contributed by atoms with E-state index in [1.165, 1.54) is 0 Å². The number of hydrogen-bond donors (Lipinski definition) is 4. The zero-order chi connectivity index (χ0) is 26.9. The zero-order valence-corrected chi connectivity index (χ0v) is 21.7. The number of ether oxygens (including phenoxy) is 2. The van der Waals surface area contributed by atoms with E-state index in [4.69, 9.17) is 15.2 Å². The Balaban J connectivity index is 1.45. The fourth-order valence-electron chi connectivity index (χ4n) is 4.16. The highest BCUT2D eigenvalue weighted by Crippen LogP contribution is 2.32. The number of nitrogens with two attached hydrogens (primary N) is 1. The predicted octanol–water partition coefficient (Wildman–Crippen LogP) is 4.28. The summed E-state index contributed by atoms with van der Waals surface area (Å²) in [6, 6.07) is 15.1. The Labute approximate surface area is 222 Å². The van der Waals surface area contributed by atoms with Crippen molar-refractivity contribution in [3.05, 3.63) is 72.1 Å². The second-order valence-corrected chi connectivity index (χ2v) is 8.84. The Bertz CT molecular complexity index is 1250. The van der Waals surface area contributed by atoms with Gasteiger partial charge in [-0.2, -0.15) is 0 Å². The lowest BCUT2D eigenvalue weighted by Crippen LogP contribution is -2.35. The fraction of sp³-hybridized carbons (Fsp3) is 0.321. The van der Waals surface area contributed by atoms with Gasteiger partial charge in [0.1, 0.15) is 18.9 Å². The van der Waals surface area contributed by atoms with Gasteiger partial charge in [-0.25, -0.2) is 4.79 Å². The first kappa shape index (κ1) is 26.7. The minimum atomic E-state index is -0.363. The number of benzene rings is 2. The van der Waals surface area contributed by atoms with Crippen LogP contribution in [0.25, 0.3) is 0 Å².